The summed E-state index contributed by atoms with van der Waals surface area (Å²) in [6, 6.07) is 26.5. The minimum absolute atomic E-state index is 0.0379. The zero-order chi connectivity index (χ0) is 17.0. The monoisotopic (exact) mass is 332 g/mol. The van der Waals surface area contributed by atoms with E-state index in [1.54, 1.807) is 0 Å². The van der Waals surface area contributed by atoms with Crippen LogP contribution in [0.4, 0.5) is 0 Å². The predicted octanol–water partition coefficient (Wildman–Crippen LogP) is 5.45. The molecule has 1 fully saturated rings. The number of hydrogen-bond donors (Lipinski definition) is 0. The summed E-state index contributed by atoms with van der Waals surface area (Å²) in [7, 11) is 0. The number of rotatable bonds is 0. The highest BCUT2D eigenvalue weighted by molar-refractivity contribution is 6.04. The Kier molecular flexibility index (Phi) is 2.08. The molecule has 26 heavy (non-hydrogen) atoms. The lowest BCUT2D eigenvalue weighted by Crippen LogP contribution is -2.56. The van der Waals surface area contributed by atoms with Crippen LogP contribution in [0.3, 0.4) is 0 Å². The van der Waals surface area contributed by atoms with Crippen LogP contribution in [-0.2, 0) is 10.2 Å². The molecule has 0 saturated heterocycles. The highest BCUT2D eigenvalue weighted by atomic mass is 16.1. The van der Waals surface area contributed by atoms with E-state index in [1.807, 2.05) is 0 Å². The van der Waals surface area contributed by atoms with Crippen LogP contribution >= 0.6 is 0 Å². The Hall–Kier alpha value is -2.93. The van der Waals surface area contributed by atoms with Gasteiger partial charge in [0.2, 0.25) is 0 Å². The molecule has 3 aliphatic carbocycles. The largest absolute Gasteiger partial charge is 0.299 e. The van der Waals surface area contributed by atoms with Crippen molar-refractivity contribution in [2.24, 2.45) is 0 Å². The van der Waals surface area contributed by atoms with E-state index in [0.29, 0.717) is 18.1 Å². The Labute approximate surface area is 151 Å². The van der Waals surface area contributed by atoms with E-state index >= 15 is 0 Å². The van der Waals surface area contributed by atoms with Gasteiger partial charge in [-0.2, -0.15) is 0 Å². The summed E-state index contributed by atoms with van der Waals surface area (Å²) < 4.78 is 0. The Balaban J connectivity index is 1.56. The van der Waals surface area contributed by atoms with Crippen LogP contribution in [-0.4, -0.2) is 5.78 Å². The molecule has 0 aliphatic heterocycles. The van der Waals surface area contributed by atoms with E-state index in [9.17, 15) is 4.79 Å². The zero-order valence-corrected chi connectivity index (χ0v) is 14.2. The maximum absolute atomic E-state index is 12.7. The highest BCUT2D eigenvalue weighted by Crippen LogP contribution is 2.74. The van der Waals surface area contributed by atoms with Gasteiger partial charge in [0.1, 0.15) is 5.78 Å². The smallest absolute Gasteiger partial charge is 0.142 e. The molecule has 0 radical (unpaired) electrons. The Bertz CT molecular complexity index is 1300. The summed E-state index contributed by atoms with van der Waals surface area (Å²) >= 11 is 0. The molecule has 3 atom stereocenters. The first-order valence-electron chi connectivity index (χ1n) is 9.36. The van der Waals surface area contributed by atoms with Gasteiger partial charge in [-0.15, -0.1) is 0 Å². The molecule has 1 saturated carbocycles. The molecule has 1 nitrogen and oxygen atoms in total. The minimum atomic E-state index is 0.0379. The third kappa shape index (κ3) is 1.26. The van der Waals surface area contributed by atoms with E-state index in [2.05, 4.69) is 72.8 Å². The van der Waals surface area contributed by atoms with E-state index in [1.165, 1.54) is 43.8 Å². The van der Waals surface area contributed by atoms with Crippen LogP contribution in [0.5, 0.6) is 0 Å². The van der Waals surface area contributed by atoms with E-state index < -0.39 is 0 Å². The maximum atomic E-state index is 12.7. The van der Waals surface area contributed by atoms with Crippen molar-refractivity contribution in [3.8, 4) is 0 Å². The molecule has 0 bridgehead atoms. The van der Waals surface area contributed by atoms with Gasteiger partial charge in [-0.1, -0.05) is 72.8 Å². The van der Waals surface area contributed by atoms with Crippen LogP contribution in [0.2, 0.25) is 0 Å². The van der Waals surface area contributed by atoms with Crippen molar-refractivity contribution in [1.82, 2.24) is 0 Å². The normalized spacial score (nSPS) is 27.3. The quantitative estimate of drug-likeness (QED) is 0.419. The molecular formula is C25H16O. The molecule has 3 unspecified atom stereocenters. The summed E-state index contributed by atoms with van der Waals surface area (Å²) in [4.78, 5) is 12.7. The van der Waals surface area contributed by atoms with Crippen LogP contribution in [0.15, 0.2) is 72.8 Å². The SMILES string of the molecule is O=C1CC23c4cc5ccccc5cc4C2c2cc4ccccc4cc2C13. The van der Waals surface area contributed by atoms with Gasteiger partial charge in [0.25, 0.3) is 0 Å². The fourth-order valence-corrected chi connectivity index (χ4v) is 6.09. The highest BCUT2D eigenvalue weighted by Gasteiger charge is 2.70. The van der Waals surface area contributed by atoms with Gasteiger partial charge in [0, 0.05) is 17.8 Å². The van der Waals surface area contributed by atoms with Crippen molar-refractivity contribution in [3.63, 3.8) is 0 Å². The number of carbonyl (C=O) groups is 1. The minimum Gasteiger partial charge on any atom is -0.299 e. The number of hydrogen-bond acceptors (Lipinski definition) is 1. The number of ketones is 1. The lowest BCUT2D eigenvalue weighted by atomic mass is 9.44. The standard InChI is InChI=1S/C25H16O/c26-22-13-25-21-12-17-8-4-3-7-16(17)11-20(21)23(25)18-9-14-5-1-2-6-15(14)10-19(18)24(22)25/h1-12,23-24H,13H2. The first kappa shape index (κ1) is 13.3. The Morgan fingerprint density at radius 1 is 0.654 bits per heavy atom. The Morgan fingerprint density at radius 3 is 1.73 bits per heavy atom. The van der Waals surface area contributed by atoms with Crippen molar-refractivity contribution in [1.29, 1.82) is 0 Å². The van der Waals surface area contributed by atoms with Gasteiger partial charge in [-0.05, 0) is 43.8 Å². The molecule has 1 heteroatoms. The van der Waals surface area contributed by atoms with E-state index in [4.69, 9.17) is 0 Å². The molecule has 0 N–H and O–H groups in total. The third-order valence-corrected chi connectivity index (χ3v) is 7.12. The van der Waals surface area contributed by atoms with Crippen molar-refractivity contribution in [3.05, 3.63) is 95.1 Å². The topological polar surface area (TPSA) is 17.1 Å². The molecule has 4 aromatic rings. The van der Waals surface area contributed by atoms with Crippen molar-refractivity contribution >= 4 is 27.3 Å². The van der Waals surface area contributed by atoms with Crippen LogP contribution in [0.25, 0.3) is 21.5 Å². The van der Waals surface area contributed by atoms with Gasteiger partial charge in [0.05, 0.1) is 5.92 Å². The number of Topliss-reactive ketones (excluding diaryl/α,β-unsaturated/α-hetero) is 1. The van der Waals surface area contributed by atoms with Gasteiger partial charge < -0.3 is 0 Å². The first-order chi connectivity index (χ1) is 12.8. The molecule has 1 spiro atoms. The molecule has 0 amide bonds. The number of carbonyl (C=O) groups excluding carboxylic acids is 1. The summed E-state index contributed by atoms with van der Waals surface area (Å²) in [6.07, 6.45) is 0.707. The third-order valence-electron chi connectivity index (χ3n) is 7.12. The van der Waals surface area contributed by atoms with Gasteiger partial charge in [0.15, 0.2) is 0 Å². The summed E-state index contributed by atoms with van der Waals surface area (Å²) in [5.74, 6) is 0.882. The molecule has 7 rings (SSSR count). The average Bonchev–Trinajstić information content (AvgIpc) is 2.85. The fourth-order valence-electron chi connectivity index (χ4n) is 6.09. The fraction of sp³-hybridized carbons (Fsp3) is 0.160. The summed E-state index contributed by atoms with van der Waals surface area (Å²) in [5, 5.41) is 5.12. The second kappa shape index (κ2) is 4.07. The number of fused-ring (bicyclic) bond motifs is 7. The number of benzene rings is 4. The van der Waals surface area contributed by atoms with Crippen molar-refractivity contribution in [2.45, 2.75) is 23.7 Å². The molecular weight excluding hydrogens is 316 g/mol. The maximum Gasteiger partial charge on any atom is 0.142 e. The first-order valence-corrected chi connectivity index (χ1v) is 9.36. The summed E-state index contributed by atoms with van der Waals surface area (Å²) in [5.41, 5.74) is 5.57. The van der Waals surface area contributed by atoms with Crippen LogP contribution in [0, 0.1) is 0 Å². The summed E-state index contributed by atoms with van der Waals surface area (Å²) in [6.45, 7) is 0. The lowest BCUT2D eigenvalue weighted by Gasteiger charge is -2.56. The van der Waals surface area contributed by atoms with Crippen molar-refractivity contribution < 1.29 is 4.79 Å². The van der Waals surface area contributed by atoms with Gasteiger partial charge in [-0.3, -0.25) is 4.79 Å². The lowest BCUT2D eigenvalue weighted by molar-refractivity contribution is -0.132. The van der Waals surface area contributed by atoms with Gasteiger partial charge >= 0.3 is 0 Å². The average molecular weight is 332 g/mol. The van der Waals surface area contributed by atoms with Crippen molar-refractivity contribution in [2.75, 3.05) is 0 Å². The molecule has 0 heterocycles. The molecule has 3 aliphatic rings. The zero-order valence-electron chi connectivity index (χ0n) is 14.2. The van der Waals surface area contributed by atoms with Gasteiger partial charge in [-0.25, -0.2) is 0 Å². The predicted molar refractivity (Wildman–Crippen MR) is 104 cm³/mol. The molecule has 4 aromatic carbocycles. The van der Waals surface area contributed by atoms with E-state index in [-0.39, 0.29) is 11.3 Å². The van der Waals surface area contributed by atoms with Crippen LogP contribution < -0.4 is 0 Å². The molecule has 0 aromatic heterocycles. The van der Waals surface area contributed by atoms with Crippen LogP contribution in [0.1, 0.15) is 40.5 Å². The second-order valence-corrected chi connectivity index (χ2v) is 8.16. The van der Waals surface area contributed by atoms with E-state index in [0.717, 1.165) is 0 Å². The second-order valence-electron chi connectivity index (χ2n) is 8.16. The Morgan fingerprint density at radius 2 is 1.15 bits per heavy atom. The molecule has 122 valence electrons.